The average Bonchev–Trinajstić information content (AvgIpc) is 3.15. The molecule has 35 heavy (non-hydrogen) atoms. The van der Waals surface area contributed by atoms with Gasteiger partial charge in [0.1, 0.15) is 5.82 Å². The van der Waals surface area contributed by atoms with Gasteiger partial charge in [0.05, 0.1) is 17.8 Å². The van der Waals surface area contributed by atoms with Gasteiger partial charge in [-0.2, -0.15) is 0 Å². The number of nitrogens with zero attached hydrogens (tertiary/aromatic N) is 6. The van der Waals surface area contributed by atoms with E-state index in [4.69, 9.17) is 0 Å². The van der Waals surface area contributed by atoms with Crippen LogP contribution in [0.1, 0.15) is 50.5 Å². The molecule has 0 radical (unpaired) electrons. The summed E-state index contributed by atoms with van der Waals surface area (Å²) < 4.78 is 0. The lowest BCUT2D eigenvalue weighted by Crippen LogP contribution is -2.52. The fourth-order valence-corrected chi connectivity index (χ4v) is 8.46. The van der Waals surface area contributed by atoms with Gasteiger partial charge in [-0.25, -0.2) is 9.78 Å². The summed E-state index contributed by atoms with van der Waals surface area (Å²) in [6.07, 6.45) is 14.3. The molecule has 184 valence electrons. The molecule has 4 heterocycles. The van der Waals surface area contributed by atoms with Crippen molar-refractivity contribution >= 4 is 17.5 Å². The zero-order valence-electron chi connectivity index (χ0n) is 20.9. The second-order valence-corrected chi connectivity index (χ2v) is 11.7. The Balaban J connectivity index is 1.07. The largest absolute Gasteiger partial charge is 0.342 e. The molecule has 4 atom stereocenters. The Labute approximate surface area is 208 Å². The molecule has 2 spiro atoms. The third kappa shape index (κ3) is 3.03. The van der Waals surface area contributed by atoms with Crippen LogP contribution in [-0.2, 0) is 5.41 Å². The monoisotopic (exact) mass is 472 g/mol. The normalized spacial score (nSPS) is 32.8. The summed E-state index contributed by atoms with van der Waals surface area (Å²) in [5.41, 5.74) is 3.07. The van der Waals surface area contributed by atoms with E-state index in [1.165, 1.54) is 57.2 Å². The average molecular weight is 473 g/mol. The summed E-state index contributed by atoms with van der Waals surface area (Å²) in [5.74, 6) is 1.88. The number of rotatable bonds is 2. The minimum atomic E-state index is 0.0909. The number of hydrogen-bond donors (Lipinski definition) is 0. The minimum Gasteiger partial charge on any atom is -0.342 e. The highest BCUT2D eigenvalue weighted by Gasteiger charge is 2.73. The Morgan fingerprint density at radius 3 is 2.63 bits per heavy atom. The van der Waals surface area contributed by atoms with Gasteiger partial charge in [0.25, 0.3) is 0 Å². The van der Waals surface area contributed by atoms with Crippen LogP contribution in [0, 0.1) is 5.92 Å². The maximum atomic E-state index is 12.8. The van der Waals surface area contributed by atoms with Crippen LogP contribution in [0.5, 0.6) is 0 Å². The zero-order chi connectivity index (χ0) is 23.8. The van der Waals surface area contributed by atoms with Gasteiger partial charge in [-0.05, 0) is 75.6 Å². The summed E-state index contributed by atoms with van der Waals surface area (Å²) in [6.45, 7) is 3.15. The number of para-hydroxylation sites is 1. The molecule has 0 bridgehead atoms. The van der Waals surface area contributed by atoms with E-state index in [0.717, 1.165) is 30.4 Å². The van der Waals surface area contributed by atoms with Gasteiger partial charge in [0.15, 0.2) is 0 Å². The highest BCUT2D eigenvalue weighted by molar-refractivity contribution is 5.93. The van der Waals surface area contributed by atoms with E-state index in [1.807, 2.05) is 31.4 Å². The van der Waals surface area contributed by atoms with Gasteiger partial charge in [-0.3, -0.25) is 9.88 Å². The summed E-state index contributed by atoms with van der Waals surface area (Å²) in [5, 5.41) is 0. The SMILES string of the molecule is CN(C)C(=O)N1CCC2(CCN(C3CC4CCC5N(c6cnccn6)C45C3)CC2)c2ccccc21. The van der Waals surface area contributed by atoms with E-state index in [0.29, 0.717) is 17.6 Å². The predicted octanol–water partition coefficient (Wildman–Crippen LogP) is 3.90. The van der Waals surface area contributed by atoms with Crippen LogP contribution in [0.4, 0.5) is 16.3 Å². The highest BCUT2D eigenvalue weighted by Crippen LogP contribution is 2.65. The Morgan fingerprint density at radius 1 is 1.06 bits per heavy atom. The number of piperidine rings is 2. The molecule has 3 aliphatic heterocycles. The molecule has 5 aliphatic rings. The van der Waals surface area contributed by atoms with Crippen LogP contribution >= 0.6 is 0 Å². The van der Waals surface area contributed by atoms with Gasteiger partial charge in [-0.1, -0.05) is 18.2 Å². The van der Waals surface area contributed by atoms with Crippen molar-refractivity contribution < 1.29 is 4.79 Å². The van der Waals surface area contributed by atoms with E-state index >= 15 is 0 Å². The number of hydrogen-bond acceptors (Lipinski definition) is 5. The van der Waals surface area contributed by atoms with Crippen molar-refractivity contribution in [3.05, 3.63) is 48.4 Å². The molecule has 1 aromatic heterocycles. The van der Waals surface area contributed by atoms with E-state index in [1.54, 1.807) is 11.1 Å². The van der Waals surface area contributed by atoms with Crippen molar-refractivity contribution in [2.75, 3.05) is 43.5 Å². The molecule has 4 fully saturated rings. The van der Waals surface area contributed by atoms with E-state index in [-0.39, 0.29) is 11.4 Å². The Kier molecular flexibility index (Phi) is 4.73. The second kappa shape index (κ2) is 7.66. The molecule has 2 aliphatic carbocycles. The molecule has 0 N–H and O–H groups in total. The first-order valence-corrected chi connectivity index (χ1v) is 13.4. The van der Waals surface area contributed by atoms with Crippen molar-refractivity contribution in [2.24, 2.45) is 5.92 Å². The van der Waals surface area contributed by atoms with Gasteiger partial charge < -0.3 is 14.7 Å². The lowest BCUT2D eigenvalue weighted by Gasteiger charge is -2.49. The third-order valence-corrected chi connectivity index (χ3v) is 10.1. The van der Waals surface area contributed by atoms with Gasteiger partial charge in [-0.15, -0.1) is 0 Å². The zero-order valence-corrected chi connectivity index (χ0v) is 20.9. The van der Waals surface area contributed by atoms with Gasteiger partial charge in [0.2, 0.25) is 0 Å². The van der Waals surface area contributed by atoms with Crippen molar-refractivity contribution in [3.8, 4) is 0 Å². The first-order chi connectivity index (χ1) is 17.0. The molecule has 4 unspecified atom stereocenters. The molecule has 7 rings (SSSR count). The fourth-order valence-electron chi connectivity index (χ4n) is 8.46. The summed E-state index contributed by atoms with van der Waals surface area (Å²) >= 11 is 0. The smallest absolute Gasteiger partial charge is 0.323 e. The predicted molar refractivity (Wildman–Crippen MR) is 137 cm³/mol. The number of benzene rings is 1. The lowest BCUT2D eigenvalue weighted by molar-refractivity contribution is 0.107. The van der Waals surface area contributed by atoms with Crippen LogP contribution in [0.3, 0.4) is 0 Å². The standard InChI is InChI=1S/C28H36N6O/c1-31(2)26(35)33-16-11-27(22-5-3-4-6-23(22)33)9-14-32(15-10-27)21-17-20-7-8-24-28(20,18-21)34(24)25-19-29-12-13-30-25/h3-6,12-13,19-21,24H,7-11,14-18H2,1-2H3. The summed E-state index contributed by atoms with van der Waals surface area (Å²) in [4.78, 5) is 30.9. The van der Waals surface area contributed by atoms with Crippen molar-refractivity contribution in [2.45, 2.75) is 68.0 Å². The molecule has 2 aromatic rings. The maximum absolute atomic E-state index is 12.8. The topological polar surface area (TPSA) is 55.6 Å². The Bertz CT molecular complexity index is 1130. The highest BCUT2D eigenvalue weighted by atomic mass is 16.2. The molecular weight excluding hydrogens is 436 g/mol. The van der Waals surface area contributed by atoms with E-state index in [9.17, 15) is 4.79 Å². The van der Waals surface area contributed by atoms with E-state index < -0.39 is 0 Å². The summed E-state index contributed by atoms with van der Waals surface area (Å²) in [6, 6.07) is 10.1. The Hall–Kier alpha value is -2.67. The van der Waals surface area contributed by atoms with Crippen molar-refractivity contribution in [1.29, 1.82) is 0 Å². The number of carbonyl (C=O) groups excluding carboxylic acids is 1. The van der Waals surface area contributed by atoms with Crippen LogP contribution in [0.25, 0.3) is 0 Å². The molecule has 2 saturated heterocycles. The quantitative estimate of drug-likeness (QED) is 0.621. The van der Waals surface area contributed by atoms with Gasteiger partial charge in [0, 0.05) is 50.2 Å². The second-order valence-electron chi connectivity index (χ2n) is 11.7. The molecular formula is C28H36N6O. The number of carbonyl (C=O) groups is 1. The number of fused-ring (bicyclic) bond motifs is 2. The van der Waals surface area contributed by atoms with Crippen LogP contribution in [0.15, 0.2) is 42.9 Å². The molecule has 1 aromatic carbocycles. The first kappa shape index (κ1) is 21.6. The third-order valence-electron chi connectivity index (χ3n) is 10.1. The van der Waals surface area contributed by atoms with Crippen LogP contribution < -0.4 is 9.80 Å². The van der Waals surface area contributed by atoms with Crippen LogP contribution in [-0.4, -0.2) is 77.2 Å². The molecule has 2 saturated carbocycles. The minimum absolute atomic E-state index is 0.0909. The Morgan fingerprint density at radius 2 is 1.86 bits per heavy atom. The van der Waals surface area contributed by atoms with Crippen molar-refractivity contribution in [3.63, 3.8) is 0 Å². The van der Waals surface area contributed by atoms with Gasteiger partial charge >= 0.3 is 6.03 Å². The molecule has 2 amide bonds. The first-order valence-electron chi connectivity index (χ1n) is 13.4. The number of likely N-dealkylation sites (tertiary alicyclic amines) is 1. The molecule has 7 heteroatoms. The number of aromatic nitrogens is 2. The maximum Gasteiger partial charge on any atom is 0.323 e. The number of anilines is 2. The lowest BCUT2D eigenvalue weighted by atomic mass is 9.67. The van der Waals surface area contributed by atoms with E-state index in [2.05, 4.69) is 44.0 Å². The fraction of sp³-hybridized carbons (Fsp3) is 0.607. The number of urea groups is 1. The van der Waals surface area contributed by atoms with Crippen molar-refractivity contribution in [1.82, 2.24) is 19.8 Å². The number of amides is 2. The summed E-state index contributed by atoms with van der Waals surface area (Å²) in [7, 11) is 3.69. The van der Waals surface area contributed by atoms with Crippen LogP contribution in [0.2, 0.25) is 0 Å². The molecule has 7 nitrogen and oxygen atoms in total.